The molecule has 3 heterocycles. The summed E-state index contributed by atoms with van der Waals surface area (Å²) < 4.78 is 7.89. The van der Waals surface area contributed by atoms with E-state index < -0.39 is 0 Å². The number of aryl methyl sites for hydroxylation is 1. The molecule has 2 aromatic rings. The van der Waals surface area contributed by atoms with Crippen LogP contribution in [-0.2, 0) is 24.8 Å². The van der Waals surface area contributed by atoms with Crippen LogP contribution >= 0.6 is 11.3 Å². The third-order valence-corrected chi connectivity index (χ3v) is 4.66. The second-order valence-electron chi connectivity index (χ2n) is 5.38. The van der Waals surface area contributed by atoms with Crippen molar-refractivity contribution < 1.29 is 4.74 Å². The van der Waals surface area contributed by atoms with E-state index in [-0.39, 0.29) is 6.04 Å². The highest BCUT2D eigenvalue weighted by Gasteiger charge is 2.30. The number of nitrogens with zero attached hydrogens (tertiary/aromatic N) is 3. The first-order valence-corrected chi connectivity index (χ1v) is 8.17. The second-order valence-corrected chi connectivity index (χ2v) is 6.16. The average Bonchev–Trinajstić information content (AvgIpc) is 3.11. The molecule has 0 bridgehead atoms. The molecule has 1 aliphatic rings. The van der Waals surface area contributed by atoms with Crippen LogP contribution in [-0.4, -0.2) is 34.2 Å². The van der Waals surface area contributed by atoms with Crippen LogP contribution in [0.15, 0.2) is 35.8 Å². The van der Waals surface area contributed by atoms with Crippen molar-refractivity contribution in [3.63, 3.8) is 0 Å². The molecule has 0 N–H and O–H groups in total. The van der Waals surface area contributed by atoms with Gasteiger partial charge in [-0.15, -0.1) is 6.58 Å². The molecule has 4 nitrogen and oxygen atoms in total. The molecule has 0 unspecified atom stereocenters. The third-order valence-electron chi connectivity index (χ3n) is 3.93. The summed E-state index contributed by atoms with van der Waals surface area (Å²) in [6, 6.07) is 2.46. The van der Waals surface area contributed by atoms with E-state index in [9.17, 15) is 0 Å². The molecule has 5 heteroatoms. The first-order valence-electron chi connectivity index (χ1n) is 7.23. The van der Waals surface area contributed by atoms with Crippen LogP contribution in [0, 0.1) is 0 Å². The fourth-order valence-corrected chi connectivity index (χ4v) is 3.60. The molecule has 1 atom stereocenters. The van der Waals surface area contributed by atoms with Gasteiger partial charge in [-0.05, 0) is 22.4 Å². The van der Waals surface area contributed by atoms with Crippen LogP contribution in [0.1, 0.15) is 23.0 Å². The van der Waals surface area contributed by atoms with Gasteiger partial charge in [0.05, 0.1) is 37.0 Å². The Balaban J connectivity index is 1.81. The number of thiophene rings is 1. The lowest BCUT2D eigenvalue weighted by atomic mass is 10.0. The number of aromatic nitrogens is 2. The summed E-state index contributed by atoms with van der Waals surface area (Å²) in [5, 5.41) is 4.36. The number of rotatable bonds is 6. The molecule has 0 fully saturated rings. The van der Waals surface area contributed by atoms with Crippen molar-refractivity contribution in [3.05, 3.63) is 52.8 Å². The van der Waals surface area contributed by atoms with Crippen LogP contribution in [0.4, 0.5) is 0 Å². The Morgan fingerprint density at radius 3 is 3.24 bits per heavy atom. The molecule has 3 rings (SSSR count). The Labute approximate surface area is 129 Å². The molecule has 0 saturated heterocycles. The largest absolute Gasteiger partial charge is 0.375 e. The molecule has 21 heavy (non-hydrogen) atoms. The second kappa shape index (κ2) is 6.56. The molecule has 0 spiro atoms. The van der Waals surface area contributed by atoms with E-state index >= 15 is 0 Å². The first-order chi connectivity index (χ1) is 10.3. The quantitative estimate of drug-likeness (QED) is 0.607. The Bertz CT molecular complexity index is 591. The standard InChI is InChI=1S/C16H21N3OS/c1-3-7-20-10-15-16-14(17-12-18(16)2)4-6-19(15)9-13-5-8-21-11-13/h3,5,8,11-12,15H,1,4,6-7,9-10H2,2H3/t15-/m1/s1. The maximum absolute atomic E-state index is 5.75. The van der Waals surface area contributed by atoms with E-state index in [0.29, 0.717) is 13.2 Å². The highest BCUT2D eigenvalue weighted by atomic mass is 32.1. The third kappa shape index (κ3) is 3.10. The van der Waals surface area contributed by atoms with Crippen molar-refractivity contribution in [2.24, 2.45) is 7.05 Å². The van der Waals surface area contributed by atoms with Gasteiger partial charge in [-0.2, -0.15) is 11.3 Å². The summed E-state index contributed by atoms with van der Waals surface area (Å²) in [7, 11) is 2.07. The number of hydrogen-bond acceptors (Lipinski definition) is 4. The predicted octanol–water partition coefficient (Wildman–Crippen LogP) is 2.78. The summed E-state index contributed by atoms with van der Waals surface area (Å²) in [6.45, 7) is 6.99. The SMILES string of the molecule is C=CCOC[C@@H]1c2c(ncn2C)CCN1Cc1ccsc1. The van der Waals surface area contributed by atoms with E-state index in [2.05, 4.69) is 44.9 Å². The lowest BCUT2D eigenvalue weighted by Crippen LogP contribution is -2.38. The van der Waals surface area contributed by atoms with Gasteiger partial charge in [0.15, 0.2) is 0 Å². The number of ether oxygens (including phenoxy) is 1. The van der Waals surface area contributed by atoms with E-state index in [4.69, 9.17) is 4.74 Å². The predicted molar refractivity (Wildman–Crippen MR) is 85.4 cm³/mol. The normalized spacial score (nSPS) is 18.6. The fourth-order valence-electron chi connectivity index (χ4n) is 2.94. The van der Waals surface area contributed by atoms with Crippen molar-refractivity contribution >= 4 is 11.3 Å². The van der Waals surface area contributed by atoms with Crippen molar-refractivity contribution in [2.75, 3.05) is 19.8 Å². The van der Waals surface area contributed by atoms with Crippen molar-refractivity contribution in [2.45, 2.75) is 19.0 Å². The zero-order valence-electron chi connectivity index (χ0n) is 12.4. The summed E-state index contributed by atoms with van der Waals surface area (Å²) in [5.41, 5.74) is 3.88. The number of hydrogen-bond donors (Lipinski definition) is 0. The molecular weight excluding hydrogens is 282 g/mol. The first kappa shape index (κ1) is 14.5. The van der Waals surface area contributed by atoms with Crippen LogP contribution in [0.2, 0.25) is 0 Å². The Hall–Kier alpha value is -1.43. The zero-order chi connectivity index (χ0) is 14.7. The Kier molecular flexibility index (Phi) is 4.53. The van der Waals surface area contributed by atoms with Crippen LogP contribution < -0.4 is 0 Å². The molecule has 0 aromatic carbocycles. The molecule has 0 aliphatic carbocycles. The van der Waals surface area contributed by atoms with Crippen LogP contribution in [0.3, 0.4) is 0 Å². The smallest absolute Gasteiger partial charge is 0.0949 e. The van der Waals surface area contributed by atoms with E-state index in [0.717, 1.165) is 19.5 Å². The van der Waals surface area contributed by atoms with Gasteiger partial charge in [0.2, 0.25) is 0 Å². The fraction of sp³-hybridized carbons (Fsp3) is 0.438. The minimum atomic E-state index is 0.265. The minimum Gasteiger partial charge on any atom is -0.375 e. The molecule has 0 radical (unpaired) electrons. The van der Waals surface area contributed by atoms with Crippen LogP contribution in [0.25, 0.3) is 0 Å². The zero-order valence-corrected chi connectivity index (χ0v) is 13.2. The summed E-state index contributed by atoms with van der Waals surface area (Å²) in [4.78, 5) is 7.02. The number of fused-ring (bicyclic) bond motifs is 1. The van der Waals surface area contributed by atoms with Crippen molar-refractivity contribution in [1.29, 1.82) is 0 Å². The van der Waals surface area contributed by atoms with Gasteiger partial charge in [-0.1, -0.05) is 6.08 Å². The van der Waals surface area contributed by atoms with Gasteiger partial charge in [0, 0.05) is 26.6 Å². The summed E-state index contributed by atoms with van der Waals surface area (Å²) in [6.07, 6.45) is 4.73. The van der Waals surface area contributed by atoms with Crippen molar-refractivity contribution in [1.82, 2.24) is 14.5 Å². The van der Waals surface area contributed by atoms with Gasteiger partial charge in [0.1, 0.15) is 0 Å². The van der Waals surface area contributed by atoms with Gasteiger partial charge in [-0.25, -0.2) is 4.98 Å². The molecule has 112 valence electrons. The summed E-state index contributed by atoms with van der Waals surface area (Å²) in [5.74, 6) is 0. The lowest BCUT2D eigenvalue weighted by Gasteiger charge is -2.35. The minimum absolute atomic E-state index is 0.265. The highest BCUT2D eigenvalue weighted by Crippen LogP contribution is 2.30. The maximum atomic E-state index is 5.75. The van der Waals surface area contributed by atoms with Gasteiger partial charge in [0.25, 0.3) is 0 Å². The molecular formula is C16H21N3OS. The van der Waals surface area contributed by atoms with Gasteiger partial charge < -0.3 is 9.30 Å². The van der Waals surface area contributed by atoms with E-state index in [1.54, 1.807) is 17.4 Å². The monoisotopic (exact) mass is 303 g/mol. The van der Waals surface area contributed by atoms with E-state index in [1.165, 1.54) is 17.0 Å². The topological polar surface area (TPSA) is 30.3 Å². The molecule has 1 aliphatic heterocycles. The van der Waals surface area contributed by atoms with Crippen LogP contribution in [0.5, 0.6) is 0 Å². The Morgan fingerprint density at radius 2 is 2.48 bits per heavy atom. The highest BCUT2D eigenvalue weighted by molar-refractivity contribution is 7.07. The lowest BCUT2D eigenvalue weighted by molar-refractivity contribution is 0.0587. The van der Waals surface area contributed by atoms with Gasteiger partial charge >= 0.3 is 0 Å². The maximum Gasteiger partial charge on any atom is 0.0949 e. The molecule has 0 saturated carbocycles. The molecule has 0 amide bonds. The average molecular weight is 303 g/mol. The number of imidazole rings is 1. The molecule has 2 aromatic heterocycles. The van der Waals surface area contributed by atoms with Crippen molar-refractivity contribution in [3.8, 4) is 0 Å². The van der Waals surface area contributed by atoms with Gasteiger partial charge in [-0.3, -0.25) is 4.90 Å². The van der Waals surface area contributed by atoms with E-state index in [1.807, 2.05) is 6.33 Å². The summed E-state index contributed by atoms with van der Waals surface area (Å²) >= 11 is 1.75. The Morgan fingerprint density at radius 1 is 1.57 bits per heavy atom.